The van der Waals surface area contributed by atoms with Crippen LogP contribution in [0.4, 0.5) is 22.4 Å². The molecule has 36 heavy (non-hydrogen) atoms. The van der Waals surface area contributed by atoms with Gasteiger partial charge >= 0.3 is 6.03 Å². The Morgan fingerprint density at radius 1 is 1.03 bits per heavy atom. The summed E-state index contributed by atoms with van der Waals surface area (Å²) in [5.74, 6) is -2.64. The number of alkyl halides is 2. The van der Waals surface area contributed by atoms with Crippen LogP contribution < -0.4 is 20.9 Å². The second kappa shape index (κ2) is 11.6. The monoisotopic (exact) mass is 526 g/mol. The molecule has 0 unspecified atom stereocenters. The van der Waals surface area contributed by atoms with Crippen LogP contribution in [0.2, 0.25) is 5.02 Å². The Balaban J connectivity index is 1.70. The van der Waals surface area contributed by atoms with E-state index in [9.17, 15) is 27.2 Å². The number of amides is 3. The van der Waals surface area contributed by atoms with Crippen LogP contribution in [0.5, 0.6) is 5.75 Å². The van der Waals surface area contributed by atoms with Gasteiger partial charge in [-0.15, -0.1) is 0 Å². The van der Waals surface area contributed by atoms with Crippen LogP contribution in [-0.4, -0.2) is 39.9 Å². The molecule has 3 amide bonds. The Bertz CT molecular complexity index is 1260. The minimum atomic E-state index is -2.86. The lowest BCUT2D eigenvalue weighted by Gasteiger charge is -2.17. The van der Waals surface area contributed by atoms with Gasteiger partial charge in [0.1, 0.15) is 18.2 Å². The highest BCUT2D eigenvalue weighted by Gasteiger charge is 2.20. The van der Waals surface area contributed by atoms with Crippen LogP contribution in [0, 0.1) is 18.6 Å². The van der Waals surface area contributed by atoms with Crippen LogP contribution in [0.15, 0.2) is 36.8 Å². The summed E-state index contributed by atoms with van der Waals surface area (Å²) in [6.07, 6.45) is 0.833. The summed E-state index contributed by atoms with van der Waals surface area (Å²) in [4.78, 5) is 35.8. The van der Waals surface area contributed by atoms with Crippen LogP contribution in [0.25, 0.3) is 11.1 Å². The third-order valence-electron chi connectivity index (χ3n) is 4.63. The van der Waals surface area contributed by atoms with Gasteiger partial charge < -0.3 is 10.1 Å². The molecule has 0 bridgehead atoms. The van der Waals surface area contributed by atoms with Gasteiger partial charge in [-0.1, -0.05) is 11.6 Å². The molecule has 0 saturated heterocycles. The average molecular weight is 527 g/mol. The summed E-state index contributed by atoms with van der Waals surface area (Å²) in [6.45, 7) is 1.99. The maximum atomic E-state index is 14.8. The SMILES string of the molecule is Cc1ncc(C(=O)NNC(=O)N[C@H](C)c2ncc(-c3cc(Cl)cc(F)c3OCC(F)F)cc2F)cn1. The van der Waals surface area contributed by atoms with E-state index < -0.39 is 48.4 Å². The molecule has 3 rings (SSSR count). The van der Waals surface area contributed by atoms with Crippen molar-refractivity contribution in [1.29, 1.82) is 0 Å². The number of benzene rings is 1. The number of aryl methyl sites for hydroxylation is 1. The molecule has 0 saturated carbocycles. The van der Waals surface area contributed by atoms with E-state index >= 15 is 0 Å². The Morgan fingerprint density at radius 2 is 1.72 bits per heavy atom. The van der Waals surface area contributed by atoms with E-state index in [0.717, 1.165) is 18.3 Å². The van der Waals surface area contributed by atoms with Gasteiger partial charge in [-0.3, -0.25) is 15.2 Å². The molecule has 1 aromatic carbocycles. The highest BCUT2D eigenvalue weighted by atomic mass is 35.5. The first-order chi connectivity index (χ1) is 17.0. The number of nitrogens with one attached hydrogen (secondary N) is 3. The molecule has 190 valence electrons. The second-order valence-electron chi connectivity index (χ2n) is 7.35. The summed E-state index contributed by atoms with van der Waals surface area (Å²) in [5, 5.41) is 2.32. The Labute approximate surface area is 207 Å². The number of pyridine rings is 1. The van der Waals surface area contributed by atoms with E-state index in [0.29, 0.717) is 5.82 Å². The zero-order valence-electron chi connectivity index (χ0n) is 18.8. The fraction of sp³-hybridized carbons (Fsp3) is 0.227. The van der Waals surface area contributed by atoms with Crippen LogP contribution in [0.1, 0.15) is 34.8 Å². The third-order valence-corrected chi connectivity index (χ3v) is 4.85. The Morgan fingerprint density at radius 3 is 2.36 bits per heavy atom. The number of rotatable bonds is 7. The molecule has 0 aliphatic rings. The first kappa shape index (κ1) is 26.6. The normalized spacial score (nSPS) is 11.7. The number of carbonyl (C=O) groups is 2. The first-order valence-corrected chi connectivity index (χ1v) is 10.6. The van der Waals surface area contributed by atoms with E-state index in [1.54, 1.807) is 6.92 Å². The van der Waals surface area contributed by atoms with Gasteiger partial charge in [0, 0.05) is 34.7 Å². The molecule has 2 heterocycles. The van der Waals surface area contributed by atoms with Crippen molar-refractivity contribution in [3.63, 3.8) is 0 Å². The van der Waals surface area contributed by atoms with E-state index in [1.807, 2.05) is 0 Å². The number of ether oxygens (including phenoxy) is 1. The molecule has 0 fully saturated rings. The molecule has 0 spiro atoms. The fourth-order valence-corrected chi connectivity index (χ4v) is 3.18. The van der Waals surface area contributed by atoms with Crippen molar-refractivity contribution in [2.75, 3.05) is 6.61 Å². The summed E-state index contributed by atoms with van der Waals surface area (Å²) in [6, 6.07) is 1.23. The lowest BCUT2D eigenvalue weighted by Crippen LogP contribution is -2.47. The van der Waals surface area contributed by atoms with Gasteiger partial charge in [0.05, 0.1) is 17.3 Å². The number of hydrogen-bond donors (Lipinski definition) is 3. The fourth-order valence-electron chi connectivity index (χ4n) is 2.98. The van der Waals surface area contributed by atoms with Crippen molar-refractivity contribution in [3.05, 3.63) is 70.5 Å². The first-order valence-electron chi connectivity index (χ1n) is 10.3. The topological polar surface area (TPSA) is 118 Å². The highest BCUT2D eigenvalue weighted by molar-refractivity contribution is 6.31. The van der Waals surface area contributed by atoms with Gasteiger partial charge in [-0.25, -0.2) is 37.7 Å². The number of carbonyl (C=O) groups excluding carboxylic acids is 2. The van der Waals surface area contributed by atoms with Gasteiger partial charge in [0.15, 0.2) is 11.6 Å². The molecule has 1 atom stereocenters. The molecule has 3 aromatic rings. The predicted octanol–water partition coefficient (Wildman–Crippen LogP) is 4.13. The summed E-state index contributed by atoms with van der Waals surface area (Å²) in [7, 11) is 0. The van der Waals surface area contributed by atoms with Crippen LogP contribution >= 0.6 is 11.6 Å². The zero-order valence-corrected chi connectivity index (χ0v) is 19.5. The van der Waals surface area contributed by atoms with Gasteiger partial charge in [-0.05, 0) is 32.0 Å². The Hall–Kier alpha value is -4.00. The van der Waals surface area contributed by atoms with Crippen molar-refractivity contribution >= 4 is 23.5 Å². The van der Waals surface area contributed by atoms with Crippen molar-refractivity contribution in [1.82, 2.24) is 31.1 Å². The molecule has 14 heteroatoms. The van der Waals surface area contributed by atoms with Gasteiger partial charge in [0.25, 0.3) is 12.3 Å². The summed E-state index contributed by atoms with van der Waals surface area (Å²) < 4.78 is 59.1. The number of hydrazine groups is 1. The number of urea groups is 1. The van der Waals surface area contributed by atoms with Crippen molar-refractivity contribution in [3.8, 4) is 16.9 Å². The molecule has 9 nitrogen and oxygen atoms in total. The summed E-state index contributed by atoms with van der Waals surface area (Å²) in [5.41, 5.74) is 4.09. The smallest absolute Gasteiger partial charge is 0.334 e. The van der Waals surface area contributed by atoms with E-state index in [2.05, 4.69) is 31.1 Å². The minimum absolute atomic E-state index is 0.00569. The number of nitrogens with zero attached hydrogens (tertiary/aromatic N) is 3. The molecule has 0 aliphatic heterocycles. The number of aromatic nitrogens is 3. The average Bonchev–Trinajstić information content (AvgIpc) is 2.81. The maximum Gasteiger partial charge on any atom is 0.334 e. The van der Waals surface area contributed by atoms with E-state index in [-0.39, 0.29) is 27.4 Å². The van der Waals surface area contributed by atoms with E-state index in [1.165, 1.54) is 25.4 Å². The van der Waals surface area contributed by atoms with Crippen LogP contribution in [-0.2, 0) is 0 Å². The van der Waals surface area contributed by atoms with Crippen LogP contribution in [0.3, 0.4) is 0 Å². The minimum Gasteiger partial charge on any atom is -0.484 e. The molecular formula is C22H19ClF4N6O3. The number of halogens is 5. The standard InChI is InChI=1S/C22H19ClF4N6O3/c1-10(31-22(35)33-32-21(34)13-7-28-11(2)29-8-13)19-16(24)3-12(6-30-19)15-4-14(23)5-17(25)20(15)36-9-18(26)27/h3-8,10,18H,9H2,1-2H3,(H,32,34)(H2,31,33,35)/t10-/m1/s1. The quantitative estimate of drug-likeness (QED) is 0.315. The van der Waals surface area contributed by atoms with E-state index in [4.69, 9.17) is 16.3 Å². The largest absolute Gasteiger partial charge is 0.484 e. The second-order valence-corrected chi connectivity index (χ2v) is 7.79. The lowest BCUT2D eigenvalue weighted by atomic mass is 10.0. The lowest BCUT2D eigenvalue weighted by molar-refractivity contribution is 0.0802. The van der Waals surface area contributed by atoms with Crippen molar-refractivity contribution < 1.29 is 31.9 Å². The van der Waals surface area contributed by atoms with Gasteiger partial charge in [-0.2, -0.15) is 0 Å². The van der Waals surface area contributed by atoms with Gasteiger partial charge in [0.2, 0.25) is 0 Å². The molecule has 3 N–H and O–H groups in total. The Kier molecular flexibility index (Phi) is 8.59. The molecular weight excluding hydrogens is 508 g/mol. The predicted molar refractivity (Wildman–Crippen MR) is 120 cm³/mol. The summed E-state index contributed by atoms with van der Waals surface area (Å²) >= 11 is 5.86. The third kappa shape index (κ3) is 6.78. The number of hydrogen-bond acceptors (Lipinski definition) is 6. The van der Waals surface area contributed by atoms with Crippen molar-refractivity contribution in [2.24, 2.45) is 0 Å². The highest BCUT2D eigenvalue weighted by Crippen LogP contribution is 2.36. The molecule has 0 radical (unpaired) electrons. The van der Waals surface area contributed by atoms with Crippen molar-refractivity contribution in [2.45, 2.75) is 26.3 Å². The zero-order chi connectivity index (χ0) is 26.4. The molecule has 0 aliphatic carbocycles. The maximum absolute atomic E-state index is 14.8. The molecule has 2 aromatic heterocycles.